The number of rotatable bonds is 7. The summed E-state index contributed by atoms with van der Waals surface area (Å²) in [5.41, 5.74) is 0.474. The fraction of sp³-hybridized carbons (Fsp3) is 0.462. The molecule has 0 spiro atoms. The number of anilines is 1. The van der Waals surface area contributed by atoms with Gasteiger partial charge in [-0.1, -0.05) is 0 Å². The van der Waals surface area contributed by atoms with E-state index in [1.807, 2.05) is 18.0 Å². The molecule has 0 fully saturated rings. The van der Waals surface area contributed by atoms with Gasteiger partial charge in [-0.15, -0.1) is 11.3 Å². The van der Waals surface area contributed by atoms with Crippen molar-refractivity contribution in [3.63, 3.8) is 0 Å². The number of methoxy groups -OCH3 is 1. The molecule has 1 heterocycles. The molecule has 0 aliphatic heterocycles. The zero-order chi connectivity index (χ0) is 15.0. The summed E-state index contributed by atoms with van der Waals surface area (Å²) in [6.45, 7) is 1.08. The molecule has 0 unspecified atom stereocenters. The van der Waals surface area contributed by atoms with Gasteiger partial charge in [-0.25, -0.2) is 0 Å². The van der Waals surface area contributed by atoms with Crippen LogP contribution in [-0.2, 0) is 14.3 Å². The van der Waals surface area contributed by atoms with Gasteiger partial charge in [0, 0.05) is 19.5 Å². The van der Waals surface area contributed by atoms with Crippen molar-refractivity contribution in [1.29, 1.82) is 5.26 Å². The third-order valence-electron chi connectivity index (χ3n) is 2.68. The van der Waals surface area contributed by atoms with Gasteiger partial charge >= 0.3 is 5.97 Å². The molecule has 0 saturated carbocycles. The monoisotopic (exact) mass is 295 g/mol. The fourth-order valence-electron chi connectivity index (χ4n) is 1.47. The minimum Gasteiger partial charge on any atom is -0.469 e. The lowest BCUT2D eigenvalue weighted by atomic mass is 10.3. The standard InChI is InChI=1S/C13H17N3O3S/c1-16(7-4-12(18)19-2)6-3-11(17)15-13-10(9-14)5-8-20-13/h5,8H,3-4,6-7H2,1-2H3,(H,15,17). The Hall–Kier alpha value is -1.91. The number of nitrogens with zero attached hydrogens (tertiary/aromatic N) is 2. The molecule has 1 N–H and O–H groups in total. The highest BCUT2D eigenvalue weighted by Gasteiger charge is 2.10. The minimum absolute atomic E-state index is 0.145. The number of carbonyl (C=O) groups excluding carboxylic acids is 2. The van der Waals surface area contributed by atoms with E-state index in [1.165, 1.54) is 18.4 Å². The fourth-order valence-corrected chi connectivity index (χ4v) is 2.23. The third-order valence-corrected chi connectivity index (χ3v) is 3.51. The first-order chi connectivity index (χ1) is 9.56. The van der Waals surface area contributed by atoms with Crippen molar-refractivity contribution in [2.24, 2.45) is 0 Å². The molecule has 1 aromatic rings. The van der Waals surface area contributed by atoms with Crippen LogP contribution in [0.15, 0.2) is 11.4 Å². The van der Waals surface area contributed by atoms with Crippen LogP contribution in [0.2, 0.25) is 0 Å². The number of hydrogen-bond donors (Lipinski definition) is 1. The van der Waals surface area contributed by atoms with E-state index in [4.69, 9.17) is 5.26 Å². The second-order valence-electron chi connectivity index (χ2n) is 4.20. The molecule has 0 aromatic carbocycles. The highest BCUT2D eigenvalue weighted by atomic mass is 32.1. The van der Waals surface area contributed by atoms with E-state index in [1.54, 1.807) is 11.4 Å². The lowest BCUT2D eigenvalue weighted by Crippen LogP contribution is -2.26. The molecular weight excluding hydrogens is 278 g/mol. The number of carbonyl (C=O) groups is 2. The van der Waals surface area contributed by atoms with Crippen LogP contribution >= 0.6 is 11.3 Å². The predicted molar refractivity (Wildman–Crippen MR) is 76.4 cm³/mol. The molecule has 7 heteroatoms. The number of nitriles is 1. The third kappa shape index (κ3) is 5.38. The molecule has 0 aliphatic rings. The first kappa shape index (κ1) is 16.1. The Balaban J connectivity index is 2.30. The van der Waals surface area contributed by atoms with Crippen molar-refractivity contribution < 1.29 is 14.3 Å². The van der Waals surface area contributed by atoms with Gasteiger partial charge in [-0.05, 0) is 18.5 Å². The largest absolute Gasteiger partial charge is 0.469 e. The second kappa shape index (κ2) is 8.30. The van der Waals surface area contributed by atoms with Crippen molar-refractivity contribution >= 4 is 28.2 Å². The lowest BCUT2D eigenvalue weighted by molar-refractivity contribution is -0.140. The first-order valence-corrected chi connectivity index (χ1v) is 6.97. The van der Waals surface area contributed by atoms with Crippen LogP contribution in [0.4, 0.5) is 5.00 Å². The maximum atomic E-state index is 11.7. The molecule has 0 bridgehead atoms. The van der Waals surface area contributed by atoms with Gasteiger partial charge in [-0.3, -0.25) is 9.59 Å². The summed E-state index contributed by atoms with van der Waals surface area (Å²) in [4.78, 5) is 24.6. The van der Waals surface area contributed by atoms with Gasteiger partial charge in [-0.2, -0.15) is 5.26 Å². The molecule has 1 amide bonds. The van der Waals surface area contributed by atoms with Gasteiger partial charge in [0.15, 0.2) is 0 Å². The van der Waals surface area contributed by atoms with Crippen LogP contribution in [-0.4, -0.2) is 44.0 Å². The number of amides is 1. The second-order valence-corrected chi connectivity index (χ2v) is 5.12. The number of thiophene rings is 1. The molecule has 0 atom stereocenters. The molecule has 6 nitrogen and oxygen atoms in total. The molecule has 1 rings (SSSR count). The minimum atomic E-state index is -0.265. The van der Waals surface area contributed by atoms with Crippen LogP contribution in [0.25, 0.3) is 0 Å². The van der Waals surface area contributed by atoms with Crippen molar-refractivity contribution in [2.45, 2.75) is 12.8 Å². The summed E-state index contributed by atoms with van der Waals surface area (Å²) in [5, 5.41) is 13.9. The summed E-state index contributed by atoms with van der Waals surface area (Å²) in [6.07, 6.45) is 0.610. The summed E-state index contributed by atoms with van der Waals surface area (Å²) in [7, 11) is 3.19. The molecule has 0 radical (unpaired) electrons. The topological polar surface area (TPSA) is 82.4 Å². The van der Waals surface area contributed by atoms with Crippen molar-refractivity contribution in [3.05, 3.63) is 17.0 Å². The average Bonchev–Trinajstić information content (AvgIpc) is 2.89. The quantitative estimate of drug-likeness (QED) is 0.770. The van der Waals surface area contributed by atoms with E-state index in [0.29, 0.717) is 36.5 Å². The zero-order valence-electron chi connectivity index (χ0n) is 11.5. The normalized spacial score (nSPS) is 10.1. The zero-order valence-corrected chi connectivity index (χ0v) is 12.3. The van der Waals surface area contributed by atoms with Gasteiger partial charge < -0.3 is 15.0 Å². The summed E-state index contributed by atoms with van der Waals surface area (Å²) in [5.74, 6) is -0.410. The lowest BCUT2D eigenvalue weighted by Gasteiger charge is -2.15. The van der Waals surface area contributed by atoms with Crippen LogP contribution in [0.3, 0.4) is 0 Å². The van der Waals surface area contributed by atoms with E-state index < -0.39 is 0 Å². The van der Waals surface area contributed by atoms with E-state index in [-0.39, 0.29) is 11.9 Å². The summed E-state index contributed by atoms with van der Waals surface area (Å²) < 4.78 is 4.55. The number of ether oxygens (including phenoxy) is 1. The van der Waals surface area contributed by atoms with Crippen LogP contribution in [0.5, 0.6) is 0 Å². The van der Waals surface area contributed by atoms with Gasteiger partial charge in [0.25, 0.3) is 0 Å². The highest BCUT2D eigenvalue weighted by molar-refractivity contribution is 7.14. The van der Waals surface area contributed by atoms with Gasteiger partial charge in [0.05, 0.1) is 19.1 Å². The Bertz CT molecular complexity index is 507. The molecule has 0 saturated heterocycles. The van der Waals surface area contributed by atoms with Crippen molar-refractivity contribution in [1.82, 2.24) is 4.90 Å². The number of esters is 1. The maximum absolute atomic E-state index is 11.7. The molecule has 1 aromatic heterocycles. The predicted octanol–water partition coefficient (Wildman–Crippen LogP) is 1.44. The first-order valence-electron chi connectivity index (χ1n) is 6.09. The van der Waals surface area contributed by atoms with E-state index in [0.717, 1.165) is 0 Å². The number of nitrogens with one attached hydrogen (secondary N) is 1. The SMILES string of the molecule is COC(=O)CCN(C)CCC(=O)Nc1sccc1C#N. The Morgan fingerprint density at radius 1 is 1.45 bits per heavy atom. The van der Waals surface area contributed by atoms with Crippen molar-refractivity contribution in [2.75, 3.05) is 32.6 Å². The maximum Gasteiger partial charge on any atom is 0.306 e. The summed E-state index contributed by atoms with van der Waals surface area (Å²) in [6, 6.07) is 3.69. The van der Waals surface area contributed by atoms with Crippen LogP contribution in [0.1, 0.15) is 18.4 Å². The van der Waals surface area contributed by atoms with Crippen LogP contribution < -0.4 is 5.32 Å². The van der Waals surface area contributed by atoms with E-state index in [9.17, 15) is 9.59 Å². The Labute approximate surface area is 121 Å². The molecular formula is C13H17N3O3S. The van der Waals surface area contributed by atoms with Crippen LogP contribution in [0, 0.1) is 11.3 Å². The Morgan fingerprint density at radius 2 is 2.15 bits per heavy atom. The Morgan fingerprint density at radius 3 is 2.80 bits per heavy atom. The number of hydrogen-bond acceptors (Lipinski definition) is 6. The molecule has 108 valence electrons. The van der Waals surface area contributed by atoms with Crippen molar-refractivity contribution in [3.8, 4) is 6.07 Å². The summed E-state index contributed by atoms with van der Waals surface area (Å²) >= 11 is 1.32. The molecule has 0 aliphatic carbocycles. The average molecular weight is 295 g/mol. The Kier molecular flexibility index (Phi) is 6.70. The van der Waals surface area contributed by atoms with Gasteiger partial charge in [0.2, 0.25) is 5.91 Å². The smallest absolute Gasteiger partial charge is 0.306 e. The van der Waals surface area contributed by atoms with E-state index >= 15 is 0 Å². The van der Waals surface area contributed by atoms with Gasteiger partial charge in [0.1, 0.15) is 11.1 Å². The van der Waals surface area contributed by atoms with E-state index in [2.05, 4.69) is 10.1 Å². The highest BCUT2D eigenvalue weighted by Crippen LogP contribution is 2.22. The molecule has 20 heavy (non-hydrogen) atoms.